The molecule has 2 N–H and O–H groups in total. The van der Waals surface area contributed by atoms with Crippen molar-refractivity contribution in [2.45, 2.75) is 6.92 Å². The minimum atomic E-state index is -0.401. The molecule has 0 aliphatic heterocycles. The maximum absolute atomic E-state index is 13.1. The van der Waals surface area contributed by atoms with E-state index in [1.54, 1.807) is 0 Å². The minimum absolute atomic E-state index is 0.0521. The van der Waals surface area contributed by atoms with Crippen LogP contribution in [0.3, 0.4) is 0 Å². The number of aromatic nitrogens is 4. The summed E-state index contributed by atoms with van der Waals surface area (Å²) in [7, 11) is 0. The summed E-state index contributed by atoms with van der Waals surface area (Å²) in [4.78, 5) is 22.0. The molecule has 4 aromatic rings. The summed E-state index contributed by atoms with van der Waals surface area (Å²) < 4.78 is 13.1. The molecule has 4 rings (SSSR count). The quantitative estimate of drug-likeness (QED) is 0.545. The molecule has 0 atom stereocenters. The number of nitrogens with zero attached hydrogens (tertiary/aromatic N) is 3. The number of ketones is 1. The summed E-state index contributed by atoms with van der Waals surface area (Å²) in [5.74, 6) is 0.391. The van der Waals surface area contributed by atoms with Gasteiger partial charge in [0.2, 0.25) is 11.6 Å². The third kappa shape index (κ3) is 2.99. The van der Waals surface area contributed by atoms with E-state index >= 15 is 0 Å². The lowest BCUT2D eigenvalue weighted by Crippen LogP contribution is -2.09. The van der Waals surface area contributed by atoms with Gasteiger partial charge < -0.3 is 5.32 Å². The van der Waals surface area contributed by atoms with Crippen LogP contribution < -0.4 is 5.32 Å². The topological polar surface area (TPSA) is 83.6 Å². The van der Waals surface area contributed by atoms with Crippen LogP contribution in [0.4, 0.5) is 16.0 Å². The maximum Gasteiger partial charge on any atom is 0.230 e. The number of halogens is 1. The number of benzene rings is 1. The fourth-order valence-corrected chi connectivity index (χ4v) is 3.15. The fourth-order valence-electron chi connectivity index (χ4n) is 2.39. The zero-order chi connectivity index (χ0) is 17.4. The van der Waals surface area contributed by atoms with E-state index in [-0.39, 0.29) is 11.6 Å². The van der Waals surface area contributed by atoms with Crippen LogP contribution in [0, 0.1) is 12.7 Å². The lowest BCUT2D eigenvalue weighted by Gasteiger charge is -2.06. The van der Waals surface area contributed by atoms with E-state index in [1.807, 2.05) is 24.4 Å². The highest BCUT2D eigenvalue weighted by molar-refractivity contribution is 7.16. The number of thiophene rings is 1. The number of carbonyl (C=O) groups excluding carboxylic acids is 1. The molecule has 0 amide bonds. The number of aryl methyl sites for hydroxylation is 1. The molecule has 0 aliphatic carbocycles. The van der Waals surface area contributed by atoms with Gasteiger partial charge in [0.1, 0.15) is 16.5 Å². The summed E-state index contributed by atoms with van der Waals surface area (Å²) >= 11 is 1.41. The lowest BCUT2D eigenvalue weighted by molar-refractivity contribution is 0.103. The number of fused-ring (bicyclic) bond motifs is 1. The Labute approximate surface area is 145 Å². The Kier molecular flexibility index (Phi) is 3.73. The first-order chi connectivity index (χ1) is 12.1. The molecule has 6 nitrogen and oxygen atoms in total. The predicted molar refractivity (Wildman–Crippen MR) is 93.9 cm³/mol. The van der Waals surface area contributed by atoms with E-state index in [2.05, 4.69) is 25.5 Å². The van der Waals surface area contributed by atoms with Crippen LogP contribution in [-0.2, 0) is 0 Å². The molecule has 25 heavy (non-hydrogen) atoms. The monoisotopic (exact) mass is 353 g/mol. The first-order valence-corrected chi connectivity index (χ1v) is 8.32. The van der Waals surface area contributed by atoms with E-state index in [0.29, 0.717) is 22.0 Å². The van der Waals surface area contributed by atoms with Gasteiger partial charge in [-0.25, -0.2) is 14.4 Å². The standard InChI is InChI=1S/C17H12FN5OS/c1-9-8-13(23-22-9)19-15-12-6-7-25-17(12)21-16(20-15)14(24)10-2-4-11(18)5-3-10/h2-8H,1H3,(H2,19,20,21,22,23). The first-order valence-electron chi connectivity index (χ1n) is 7.45. The number of hydrogen-bond acceptors (Lipinski definition) is 6. The van der Waals surface area contributed by atoms with Gasteiger partial charge in [-0.1, -0.05) is 0 Å². The SMILES string of the molecule is Cc1cc(Nc2nc(C(=O)c3ccc(F)cc3)nc3sccc23)n[nH]1. The number of nitrogens with one attached hydrogen (secondary N) is 2. The van der Waals surface area contributed by atoms with Crippen molar-refractivity contribution in [3.8, 4) is 0 Å². The van der Waals surface area contributed by atoms with Crippen molar-refractivity contribution in [3.63, 3.8) is 0 Å². The van der Waals surface area contributed by atoms with E-state index in [9.17, 15) is 9.18 Å². The Morgan fingerprint density at radius 1 is 1.20 bits per heavy atom. The van der Waals surface area contributed by atoms with Crippen molar-refractivity contribution in [2.24, 2.45) is 0 Å². The number of anilines is 2. The van der Waals surface area contributed by atoms with Gasteiger partial charge in [0.05, 0.1) is 5.39 Å². The molecular weight excluding hydrogens is 341 g/mol. The second-order valence-corrected chi connectivity index (χ2v) is 6.33. The molecule has 3 aromatic heterocycles. The van der Waals surface area contributed by atoms with Crippen molar-refractivity contribution < 1.29 is 9.18 Å². The summed E-state index contributed by atoms with van der Waals surface area (Å²) in [6, 6.07) is 9.04. The number of H-pyrrole nitrogens is 1. The van der Waals surface area contributed by atoms with Gasteiger partial charge in [0, 0.05) is 17.3 Å². The smallest absolute Gasteiger partial charge is 0.230 e. The second-order valence-electron chi connectivity index (χ2n) is 5.43. The van der Waals surface area contributed by atoms with Crippen LogP contribution in [0.5, 0.6) is 0 Å². The fraction of sp³-hybridized carbons (Fsp3) is 0.0588. The molecule has 0 unspecified atom stereocenters. The normalized spacial score (nSPS) is 11.0. The molecule has 0 fully saturated rings. The van der Waals surface area contributed by atoms with Gasteiger partial charge in [0.15, 0.2) is 5.82 Å². The Morgan fingerprint density at radius 3 is 2.72 bits per heavy atom. The molecule has 0 spiro atoms. The largest absolute Gasteiger partial charge is 0.323 e. The third-order valence-electron chi connectivity index (χ3n) is 3.59. The van der Waals surface area contributed by atoms with Gasteiger partial charge in [-0.3, -0.25) is 9.89 Å². The summed E-state index contributed by atoms with van der Waals surface area (Å²) in [6.45, 7) is 1.89. The molecule has 0 radical (unpaired) electrons. The highest BCUT2D eigenvalue weighted by Gasteiger charge is 2.17. The van der Waals surface area contributed by atoms with Crippen LogP contribution in [-0.4, -0.2) is 25.9 Å². The minimum Gasteiger partial charge on any atom is -0.323 e. The molecule has 0 saturated carbocycles. The number of carbonyl (C=O) groups is 1. The molecule has 0 bridgehead atoms. The molecule has 3 heterocycles. The molecule has 1 aromatic carbocycles. The van der Waals surface area contributed by atoms with E-state index in [4.69, 9.17) is 0 Å². The maximum atomic E-state index is 13.1. The molecule has 0 saturated heterocycles. The summed E-state index contributed by atoms with van der Waals surface area (Å²) in [5, 5.41) is 12.8. The Balaban J connectivity index is 1.77. The Bertz CT molecular complexity index is 1070. The molecular formula is C17H12FN5OS. The van der Waals surface area contributed by atoms with Crippen molar-refractivity contribution in [3.05, 3.63) is 64.7 Å². The Morgan fingerprint density at radius 2 is 2.00 bits per heavy atom. The van der Waals surface area contributed by atoms with Crippen LogP contribution in [0.25, 0.3) is 10.2 Å². The van der Waals surface area contributed by atoms with Gasteiger partial charge in [-0.15, -0.1) is 11.3 Å². The van der Waals surface area contributed by atoms with Gasteiger partial charge in [0.25, 0.3) is 0 Å². The predicted octanol–water partition coefficient (Wildman–Crippen LogP) is 3.84. The zero-order valence-electron chi connectivity index (χ0n) is 13.1. The van der Waals surface area contributed by atoms with Crippen LogP contribution in [0.1, 0.15) is 21.9 Å². The van der Waals surface area contributed by atoms with E-state index < -0.39 is 5.82 Å². The zero-order valence-corrected chi connectivity index (χ0v) is 13.9. The number of aromatic amines is 1. The van der Waals surface area contributed by atoms with Crippen molar-refractivity contribution in [2.75, 3.05) is 5.32 Å². The number of hydrogen-bond donors (Lipinski definition) is 2. The summed E-state index contributed by atoms with van der Waals surface area (Å²) in [5.41, 5.74) is 1.24. The highest BCUT2D eigenvalue weighted by atomic mass is 32.1. The van der Waals surface area contributed by atoms with Gasteiger partial charge in [-0.2, -0.15) is 5.10 Å². The van der Waals surface area contributed by atoms with Crippen LogP contribution >= 0.6 is 11.3 Å². The first kappa shape index (κ1) is 15.4. The summed E-state index contributed by atoms with van der Waals surface area (Å²) in [6.07, 6.45) is 0. The average molecular weight is 353 g/mol. The van der Waals surface area contributed by atoms with Crippen molar-refractivity contribution >= 4 is 39.0 Å². The third-order valence-corrected chi connectivity index (χ3v) is 4.39. The Hall–Kier alpha value is -3.13. The average Bonchev–Trinajstić information content (AvgIpc) is 3.23. The van der Waals surface area contributed by atoms with Gasteiger partial charge in [-0.05, 0) is 42.6 Å². The number of rotatable bonds is 4. The lowest BCUT2D eigenvalue weighted by atomic mass is 10.1. The van der Waals surface area contributed by atoms with E-state index in [0.717, 1.165) is 11.1 Å². The van der Waals surface area contributed by atoms with Gasteiger partial charge >= 0.3 is 0 Å². The van der Waals surface area contributed by atoms with Crippen LogP contribution in [0.15, 0.2) is 41.8 Å². The molecule has 124 valence electrons. The highest BCUT2D eigenvalue weighted by Crippen LogP contribution is 2.27. The van der Waals surface area contributed by atoms with Crippen molar-refractivity contribution in [1.82, 2.24) is 20.2 Å². The van der Waals surface area contributed by atoms with E-state index in [1.165, 1.54) is 35.6 Å². The second kappa shape index (κ2) is 6.06. The molecule has 8 heteroatoms. The van der Waals surface area contributed by atoms with Crippen molar-refractivity contribution in [1.29, 1.82) is 0 Å². The van der Waals surface area contributed by atoms with Crippen LogP contribution in [0.2, 0.25) is 0 Å². The molecule has 0 aliphatic rings.